The van der Waals surface area contributed by atoms with Crippen LogP contribution in [0.3, 0.4) is 0 Å². The van der Waals surface area contributed by atoms with Gasteiger partial charge < -0.3 is 20.1 Å². The zero-order valence-electron chi connectivity index (χ0n) is 18.3. The summed E-state index contributed by atoms with van der Waals surface area (Å²) in [4.78, 5) is 36.8. The van der Waals surface area contributed by atoms with Crippen molar-refractivity contribution in [2.24, 2.45) is 0 Å². The summed E-state index contributed by atoms with van der Waals surface area (Å²) < 4.78 is 36.3. The summed E-state index contributed by atoms with van der Waals surface area (Å²) in [7, 11) is 1.57. The van der Waals surface area contributed by atoms with Crippen molar-refractivity contribution in [3.8, 4) is 5.75 Å². The van der Waals surface area contributed by atoms with Crippen molar-refractivity contribution in [1.29, 1.82) is 0 Å². The Hall–Kier alpha value is -4.27. The van der Waals surface area contributed by atoms with Gasteiger partial charge in [-0.1, -0.05) is 24.3 Å². The summed E-state index contributed by atoms with van der Waals surface area (Å²) in [6, 6.07) is 16.4. The normalized spacial score (nSPS) is 10.3. The quantitative estimate of drug-likeness (QED) is 0.456. The van der Waals surface area contributed by atoms with E-state index in [-0.39, 0.29) is 29.3 Å². The van der Waals surface area contributed by atoms with Gasteiger partial charge in [-0.2, -0.15) is 0 Å². The van der Waals surface area contributed by atoms with Gasteiger partial charge in [-0.25, -0.2) is 13.6 Å². The number of para-hydroxylation sites is 1. The molecule has 2 amide bonds. The van der Waals surface area contributed by atoms with E-state index in [1.165, 1.54) is 12.1 Å². The highest BCUT2D eigenvalue weighted by Gasteiger charge is 2.16. The Balaban J connectivity index is 1.53. The number of aryl methyl sites for hydroxylation is 1. The van der Waals surface area contributed by atoms with Crippen LogP contribution >= 0.6 is 0 Å². The third-order valence-corrected chi connectivity index (χ3v) is 4.76. The van der Waals surface area contributed by atoms with Crippen LogP contribution in [0.4, 0.5) is 20.2 Å². The zero-order chi connectivity index (χ0) is 24.5. The molecule has 0 saturated carbocycles. The van der Waals surface area contributed by atoms with E-state index < -0.39 is 30.1 Å². The Morgan fingerprint density at radius 3 is 2.29 bits per heavy atom. The zero-order valence-corrected chi connectivity index (χ0v) is 18.3. The topological polar surface area (TPSA) is 93.7 Å². The Kier molecular flexibility index (Phi) is 8.28. The van der Waals surface area contributed by atoms with E-state index in [9.17, 15) is 23.2 Å². The molecule has 0 aliphatic rings. The smallest absolute Gasteiger partial charge is 0.340 e. The minimum Gasteiger partial charge on any atom is -0.497 e. The predicted octanol–water partition coefficient (Wildman–Crippen LogP) is 4.34. The highest BCUT2D eigenvalue weighted by atomic mass is 19.2. The van der Waals surface area contributed by atoms with Crippen LogP contribution in [0.1, 0.15) is 22.3 Å². The van der Waals surface area contributed by atoms with E-state index in [0.717, 1.165) is 23.4 Å². The first-order chi connectivity index (χ1) is 16.4. The fraction of sp³-hybridized carbons (Fsp3) is 0.160. The first kappa shape index (κ1) is 24.4. The molecule has 3 aromatic rings. The number of carbonyl (C=O) groups excluding carboxylic acids is 3. The van der Waals surface area contributed by atoms with Crippen LogP contribution in [-0.2, 0) is 20.7 Å². The maximum absolute atomic E-state index is 13.2. The molecule has 3 rings (SSSR count). The Labute approximate surface area is 194 Å². The summed E-state index contributed by atoms with van der Waals surface area (Å²) in [5.41, 5.74) is 1.29. The molecule has 0 unspecified atom stereocenters. The molecule has 7 nitrogen and oxygen atoms in total. The number of nitrogens with one attached hydrogen (secondary N) is 2. The SMILES string of the molecule is COc1ccc(CCC(=O)Nc2ccccc2C(=O)OCC(=O)Nc2ccc(F)c(F)c2)cc1. The fourth-order valence-corrected chi connectivity index (χ4v) is 3.01. The first-order valence-corrected chi connectivity index (χ1v) is 10.3. The van der Waals surface area contributed by atoms with Crippen LogP contribution in [-0.4, -0.2) is 31.5 Å². The molecule has 34 heavy (non-hydrogen) atoms. The van der Waals surface area contributed by atoms with Crippen LogP contribution in [0.25, 0.3) is 0 Å². The van der Waals surface area contributed by atoms with E-state index >= 15 is 0 Å². The average Bonchev–Trinajstić information content (AvgIpc) is 2.84. The summed E-state index contributed by atoms with van der Waals surface area (Å²) >= 11 is 0. The standard InChI is InChI=1S/C25H22F2N2O5/c1-33-18-10-6-16(7-11-18)8-13-23(30)29-22-5-3-2-4-19(22)25(32)34-15-24(31)28-17-9-12-20(26)21(27)14-17/h2-7,9-12,14H,8,13,15H2,1H3,(H,28,31)(H,29,30). The van der Waals surface area contributed by atoms with Gasteiger partial charge in [0.2, 0.25) is 5.91 Å². The van der Waals surface area contributed by atoms with Crippen molar-refractivity contribution in [1.82, 2.24) is 0 Å². The average molecular weight is 468 g/mol. The molecule has 0 heterocycles. The van der Waals surface area contributed by atoms with Crippen LogP contribution in [0.5, 0.6) is 5.75 Å². The molecule has 176 valence electrons. The highest BCUT2D eigenvalue weighted by Crippen LogP contribution is 2.18. The number of anilines is 2. The van der Waals surface area contributed by atoms with Gasteiger partial charge in [0.05, 0.1) is 18.4 Å². The molecule has 0 atom stereocenters. The Bertz CT molecular complexity index is 1180. The lowest BCUT2D eigenvalue weighted by Crippen LogP contribution is -2.22. The molecular formula is C25H22F2N2O5. The monoisotopic (exact) mass is 468 g/mol. The molecule has 2 N–H and O–H groups in total. The van der Waals surface area contributed by atoms with Crippen molar-refractivity contribution < 1.29 is 32.6 Å². The van der Waals surface area contributed by atoms with Crippen molar-refractivity contribution in [3.63, 3.8) is 0 Å². The number of rotatable bonds is 9. The summed E-state index contributed by atoms with van der Waals surface area (Å²) in [5, 5.41) is 4.98. The number of carbonyl (C=O) groups is 3. The van der Waals surface area contributed by atoms with E-state index in [2.05, 4.69) is 10.6 Å². The van der Waals surface area contributed by atoms with E-state index in [1.54, 1.807) is 37.4 Å². The van der Waals surface area contributed by atoms with E-state index in [0.29, 0.717) is 6.42 Å². The molecule has 0 spiro atoms. The molecule has 0 fully saturated rings. The third-order valence-electron chi connectivity index (χ3n) is 4.76. The number of benzene rings is 3. The highest BCUT2D eigenvalue weighted by molar-refractivity contribution is 6.02. The Morgan fingerprint density at radius 2 is 1.59 bits per heavy atom. The molecule has 0 aliphatic heterocycles. The molecule has 0 radical (unpaired) electrons. The largest absolute Gasteiger partial charge is 0.497 e. The Morgan fingerprint density at radius 1 is 0.853 bits per heavy atom. The van der Waals surface area contributed by atoms with Gasteiger partial charge in [0.25, 0.3) is 5.91 Å². The number of halogens is 2. The second kappa shape index (κ2) is 11.6. The minimum absolute atomic E-state index is 0.0180. The number of ether oxygens (including phenoxy) is 2. The third kappa shape index (κ3) is 6.86. The molecule has 0 saturated heterocycles. The van der Waals surface area contributed by atoms with Gasteiger partial charge in [0.15, 0.2) is 18.2 Å². The molecule has 0 aromatic heterocycles. The number of esters is 1. The molecule has 0 aliphatic carbocycles. The van der Waals surface area contributed by atoms with Gasteiger partial charge in [0, 0.05) is 18.2 Å². The lowest BCUT2D eigenvalue weighted by Gasteiger charge is -2.11. The maximum atomic E-state index is 13.2. The van der Waals surface area contributed by atoms with Crippen molar-refractivity contribution in [3.05, 3.63) is 89.5 Å². The minimum atomic E-state index is -1.12. The molecule has 0 bridgehead atoms. The van der Waals surface area contributed by atoms with Gasteiger partial charge in [0.1, 0.15) is 5.75 Å². The second-order valence-electron chi connectivity index (χ2n) is 7.20. The van der Waals surface area contributed by atoms with Gasteiger partial charge in [-0.3, -0.25) is 9.59 Å². The van der Waals surface area contributed by atoms with Gasteiger partial charge in [-0.15, -0.1) is 0 Å². The van der Waals surface area contributed by atoms with E-state index in [1.807, 2.05) is 12.1 Å². The predicted molar refractivity (Wildman–Crippen MR) is 122 cm³/mol. The summed E-state index contributed by atoms with van der Waals surface area (Å²) in [5.74, 6) is -3.31. The molecular weight excluding hydrogens is 446 g/mol. The van der Waals surface area contributed by atoms with Crippen LogP contribution in [0.15, 0.2) is 66.7 Å². The maximum Gasteiger partial charge on any atom is 0.340 e. The van der Waals surface area contributed by atoms with Crippen LogP contribution in [0, 0.1) is 11.6 Å². The van der Waals surface area contributed by atoms with Crippen LogP contribution in [0.2, 0.25) is 0 Å². The molecule has 9 heteroatoms. The number of hydrogen-bond donors (Lipinski definition) is 2. The van der Waals surface area contributed by atoms with Gasteiger partial charge >= 0.3 is 5.97 Å². The second-order valence-corrected chi connectivity index (χ2v) is 7.20. The fourth-order valence-electron chi connectivity index (χ4n) is 3.01. The lowest BCUT2D eigenvalue weighted by molar-refractivity contribution is -0.119. The number of amides is 2. The van der Waals surface area contributed by atoms with E-state index in [4.69, 9.17) is 9.47 Å². The van der Waals surface area contributed by atoms with Crippen molar-refractivity contribution in [2.75, 3.05) is 24.4 Å². The van der Waals surface area contributed by atoms with Crippen LogP contribution < -0.4 is 15.4 Å². The number of hydrogen-bond acceptors (Lipinski definition) is 5. The summed E-state index contributed by atoms with van der Waals surface area (Å²) in [6.07, 6.45) is 0.680. The lowest BCUT2D eigenvalue weighted by atomic mass is 10.1. The van der Waals surface area contributed by atoms with Crippen molar-refractivity contribution >= 4 is 29.2 Å². The molecule has 3 aromatic carbocycles. The van der Waals surface area contributed by atoms with Crippen molar-refractivity contribution in [2.45, 2.75) is 12.8 Å². The van der Waals surface area contributed by atoms with Gasteiger partial charge in [-0.05, 0) is 48.4 Å². The first-order valence-electron chi connectivity index (χ1n) is 10.3. The number of methoxy groups -OCH3 is 1. The summed E-state index contributed by atoms with van der Waals surface area (Å²) in [6.45, 7) is -0.655.